The first-order valence-corrected chi connectivity index (χ1v) is 5.86. The standard InChI is InChI=1S/C8H15NO2S/c1-6(2)8(9)7-3-4-12(10,11)5-7/h7-8H,1,3-5,9H2,2H3. The van der Waals surface area contributed by atoms with Gasteiger partial charge in [-0.25, -0.2) is 8.42 Å². The van der Waals surface area contributed by atoms with E-state index in [9.17, 15) is 8.42 Å². The number of hydrogen-bond donors (Lipinski definition) is 1. The summed E-state index contributed by atoms with van der Waals surface area (Å²) in [6, 6.07) is -0.151. The number of nitrogens with two attached hydrogens (primary N) is 1. The van der Waals surface area contributed by atoms with Gasteiger partial charge >= 0.3 is 0 Å². The van der Waals surface area contributed by atoms with Gasteiger partial charge in [0, 0.05) is 6.04 Å². The fourth-order valence-electron chi connectivity index (χ4n) is 1.51. The van der Waals surface area contributed by atoms with Crippen LogP contribution in [-0.4, -0.2) is 26.0 Å². The van der Waals surface area contributed by atoms with E-state index in [2.05, 4.69) is 6.58 Å². The lowest BCUT2D eigenvalue weighted by molar-refractivity contribution is 0.511. The number of rotatable bonds is 2. The second kappa shape index (κ2) is 3.18. The van der Waals surface area contributed by atoms with Gasteiger partial charge in [0.1, 0.15) is 0 Å². The molecule has 1 rings (SSSR count). The van der Waals surface area contributed by atoms with Crippen molar-refractivity contribution in [2.75, 3.05) is 11.5 Å². The predicted molar refractivity (Wildman–Crippen MR) is 49.6 cm³/mol. The summed E-state index contributed by atoms with van der Waals surface area (Å²) in [5.41, 5.74) is 6.65. The maximum atomic E-state index is 11.1. The molecule has 0 aromatic heterocycles. The first kappa shape index (κ1) is 9.74. The van der Waals surface area contributed by atoms with Gasteiger partial charge in [-0.15, -0.1) is 0 Å². The van der Waals surface area contributed by atoms with Crippen LogP contribution in [0.5, 0.6) is 0 Å². The summed E-state index contributed by atoms with van der Waals surface area (Å²) in [6.45, 7) is 5.57. The highest BCUT2D eigenvalue weighted by Crippen LogP contribution is 2.23. The van der Waals surface area contributed by atoms with Crippen molar-refractivity contribution < 1.29 is 8.42 Å². The minimum atomic E-state index is -2.80. The van der Waals surface area contributed by atoms with Crippen molar-refractivity contribution >= 4 is 9.84 Å². The van der Waals surface area contributed by atoms with Gasteiger partial charge in [-0.3, -0.25) is 0 Å². The first-order chi connectivity index (χ1) is 5.42. The third-order valence-electron chi connectivity index (χ3n) is 2.34. The third kappa shape index (κ3) is 2.08. The van der Waals surface area contributed by atoms with Crippen LogP contribution in [-0.2, 0) is 9.84 Å². The average Bonchev–Trinajstić information content (AvgIpc) is 2.28. The fourth-order valence-corrected chi connectivity index (χ4v) is 3.36. The molecule has 2 atom stereocenters. The zero-order chi connectivity index (χ0) is 9.35. The molecule has 0 bridgehead atoms. The molecule has 70 valence electrons. The molecule has 1 heterocycles. The Kier molecular flexibility index (Phi) is 2.58. The van der Waals surface area contributed by atoms with Gasteiger partial charge in [0.05, 0.1) is 11.5 Å². The molecule has 1 aliphatic rings. The molecular weight excluding hydrogens is 174 g/mol. The van der Waals surface area contributed by atoms with Crippen molar-refractivity contribution in [2.24, 2.45) is 11.7 Å². The van der Waals surface area contributed by atoms with Crippen molar-refractivity contribution in [1.82, 2.24) is 0 Å². The lowest BCUT2D eigenvalue weighted by Crippen LogP contribution is -2.31. The van der Waals surface area contributed by atoms with E-state index < -0.39 is 9.84 Å². The molecule has 0 spiro atoms. The third-order valence-corrected chi connectivity index (χ3v) is 4.14. The Hall–Kier alpha value is -0.350. The van der Waals surface area contributed by atoms with Crippen LogP contribution in [0.3, 0.4) is 0 Å². The molecule has 2 unspecified atom stereocenters. The van der Waals surface area contributed by atoms with Gasteiger partial charge in [-0.05, 0) is 19.3 Å². The zero-order valence-corrected chi connectivity index (χ0v) is 8.10. The molecule has 4 heteroatoms. The summed E-state index contributed by atoms with van der Waals surface area (Å²) >= 11 is 0. The van der Waals surface area contributed by atoms with Crippen molar-refractivity contribution in [3.63, 3.8) is 0 Å². The highest BCUT2D eigenvalue weighted by Gasteiger charge is 2.31. The molecule has 1 fully saturated rings. The van der Waals surface area contributed by atoms with E-state index in [-0.39, 0.29) is 17.7 Å². The Bertz CT molecular complexity index is 281. The second-order valence-electron chi connectivity index (χ2n) is 3.54. The van der Waals surface area contributed by atoms with Crippen molar-refractivity contribution in [2.45, 2.75) is 19.4 Å². The molecule has 1 aliphatic heterocycles. The molecule has 0 saturated carbocycles. The van der Waals surface area contributed by atoms with Gasteiger partial charge in [-0.1, -0.05) is 12.2 Å². The van der Waals surface area contributed by atoms with Crippen LogP contribution >= 0.6 is 0 Å². The summed E-state index contributed by atoms with van der Waals surface area (Å²) in [6.07, 6.45) is 0.691. The van der Waals surface area contributed by atoms with Gasteiger partial charge in [0.25, 0.3) is 0 Å². The Morgan fingerprint density at radius 1 is 1.67 bits per heavy atom. The summed E-state index contributed by atoms with van der Waals surface area (Å²) < 4.78 is 22.2. The molecule has 0 aliphatic carbocycles. The summed E-state index contributed by atoms with van der Waals surface area (Å²) in [7, 11) is -2.80. The fraction of sp³-hybridized carbons (Fsp3) is 0.750. The normalized spacial score (nSPS) is 30.0. The van der Waals surface area contributed by atoms with Crippen molar-refractivity contribution in [3.05, 3.63) is 12.2 Å². The molecule has 0 amide bonds. The summed E-state index contributed by atoms with van der Waals surface area (Å²) in [4.78, 5) is 0. The highest BCUT2D eigenvalue weighted by atomic mass is 32.2. The van der Waals surface area contributed by atoms with Crippen molar-refractivity contribution in [3.8, 4) is 0 Å². The van der Waals surface area contributed by atoms with Gasteiger partial charge in [0.15, 0.2) is 9.84 Å². The Morgan fingerprint density at radius 3 is 2.58 bits per heavy atom. The van der Waals surface area contributed by atoms with Crippen molar-refractivity contribution in [1.29, 1.82) is 0 Å². The van der Waals surface area contributed by atoms with Crippen LogP contribution in [0.1, 0.15) is 13.3 Å². The second-order valence-corrected chi connectivity index (χ2v) is 5.76. The van der Waals surface area contributed by atoms with E-state index in [0.717, 1.165) is 5.57 Å². The van der Waals surface area contributed by atoms with E-state index in [1.54, 1.807) is 0 Å². The van der Waals surface area contributed by atoms with E-state index in [0.29, 0.717) is 12.2 Å². The quantitative estimate of drug-likeness (QED) is 0.637. The maximum absolute atomic E-state index is 11.1. The largest absolute Gasteiger partial charge is 0.324 e. The number of hydrogen-bond acceptors (Lipinski definition) is 3. The van der Waals surface area contributed by atoms with Crippen LogP contribution in [0.15, 0.2) is 12.2 Å². The van der Waals surface area contributed by atoms with E-state index >= 15 is 0 Å². The highest BCUT2D eigenvalue weighted by molar-refractivity contribution is 7.91. The van der Waals surface area contributed by atoms with E-state index in [1.165, 1.54) is 0 Å². The summed E-state index contributed by atoms with van der Waals surface area (Å²) in [5.74, 6) is 0.618. The molecular formula is C8H15NO2S. The van der Waals surface area contributed by atoms with E-state index in [4.69, 9.17) is 5.73 Å². The van der Waals surface area contributed by atoms with E-state index in [1.807, 2.05) is 6.92 Å². The Labute approximate surface area is 73.6 Å². The van der Waals surface area contributed by atoms with Gasteiger partial charge < -0.3 is 5.73 Å². The average molecular weight is 189 g/mol. The molecule has 1 saturated heterocycles. The molecule has 0 radical (unpaired) electrons. The lowest BCUT2D eigenvalue weighted by Gasteiger charge is -2.17. The topological polar surface area (TPSA) is 60.2 Å². The SMILES string of the molecule is C=C(C)C(N)C1CCS(=O)(=O)C1. The summed E-state index contributed by atoms with van der Waals surface area (Å²) in [5, 5.41) is 0. The predicted octanol–water partition coefficient (Wildman–Crippen LogP) is 0.325. The molecule has 12 heavy (non-hydrogen) atoms. The molecule has 2 N–H and O–H groups in total. The van der Waals surface area contributed by atoms with Gasteiger partial charge in [-0.2, -0.15) is 0 Å². The molecule has 0 aromatic rings. The minimum absolute atomic E-state index is 0.0903. The molecule has 0 aromatic carbocycles. The lowest BCUT2D eigenvalue weighted by atomic mass is 9.95. The number of sulfone groups is 1. The maximum Gasteiger partial charge on any atom is 0.150 e. The minimum Gasteiger partial charge on any atom is -0.324 e. The smallest absolute Gasteiger partial charge is 0.150 e. The Balaban J connectivity index is 2.64. The van der Waals surface area contributed by atoms with Crippen LogP contribution < -0.4 is 5.73 Å². The van der Waals surface area contributed by atoms with Crippen LogP contribution in [0, 0.1) is 5.92 Å². The first-order valence-electron chi connectivity index (χ1n) is 4.04. The van der Waals surface area contributed by atoms with Gasteiger partial charge in [0.2, 0.25) is 0 Å². The van der Waals surface area contributed by atoms with Crippen LogP contribution in [0.4, 0.5) is 0 Å². The monoisotopic (exact) mass is 189 g/mol. The zero-order valence-electron chi connectivity index (χ0n) is 7.29. The van der Waals surface area contributed by atoms with Crippen LogP contribution in [0.2, 0.25) is 0 Å². The Morgan fingerprint density at radius 2 is 2.25 bits per heavy atom. The van der Waals surface area contributed by atoms with Crippen LogP contribution in [0.25, 0.3) is 0 Å². The molecule has 3 nitrogen and oxygen atoms in total.